The zero-order valence-electron chi connectivity index (χ0n) is 16.0. The predicted molar refractivity (Wildman–Crippen MR) is 97.7 cm³/mol. The normalized spacial score (nSPS) is 12.1. The Balaban J connectivity index is 1.89. The van der Waals surface area contributed by atoms with E-state index in [1.54, 1.807) is 26.2 Å². The Labute approximate surface area is 165 Å². The number of carbonyl (C=O) groups excluding carboxylic acids is 2. The number of halogens is 3. The van der Waals surface area contributed by atoms with Gasteiger partial charge in [-0.3, -0.25) is 4.79 Å². The third kappa shape index (κ3) is 6.70. The second-order valence-electron chi connectivity index (χ2n) is 6.25. The SMILES string of the molecule is CC(Oc1ccc(Oc2ccc(C(F)(F)F)cc2)cc1)C(=O)OCC(=O)N(C)C. The number of esters is 1. The summed E-state index contributed by atoms with van der Waals surface area (Å²) < 4.78 is 53.5. The molecule has 0 bridgehead atoms. The number of benzene rings is 2. The second-order valence-corrected chi connectivity index (χ2v) is 6.25. The maximum Gasteiger partial charge on any atom is 0.416 e. The van der Waals surface area contributed by atoms with Crippen LogP contribution in [0, 0.1) is 0 Å². The van der Waals surface area contributed by atoms with Gasteiger partial charge in [0.05, 0.1) is 5.56 Å². The summed E-state index contributed by atoms with van der Waals surface area (Å²) in [4.78, 5) is 24.6. The van der Waals surface area contributed by atoms with Crippen molar-refractivity contribution in [3.8, 4) is 17.2 Å². The van der Waals surface area contributed by atoms with E-state index in [2.05, 4.69) is 0 Å². The van der Waals surface area contributed by atoms with E-state index in [0.29, 0.717) is 11.5 Å². The van der Waals surface area contributed by atoms with Crippen molar-refractivity contribution in [2.75, 3.05) is 20.7 Å². The van der Waals surface area contributed by atoms with Gasteiger partial charge in [-0.2, -0.15) is 13.2 Å². The highest BCUT2D eigenvalue weighted by atomic mass is 19.4. The molecule has 0 aromatic heterocycles. The Morgan fingerprint density at radius 2 is 1.41 bits per heavy atom. The summed E-state index contributed by atoms with van der Waals surface area (Å²) in [5, 5.41) is 0. The minimum Gasteiger partial charge on any atom is -0.479 e. The van der Waals surface area contributed by atoms with E-state index in [1.807, 2.05) is 0 Å². The van der Waals surface area contributed by atoms with Crippen molar-refractivity contribution in [3.05, 3.63) is 54.1 Å². The number of likely N-dealkylation sites (N-methyl/N-ethyl adjacent to an activating group) is 1. The molecule has 9 heteroatoms. The van der Waals surface area contributed by atoms with Gasteiger partial charge in [-0.05, 0) is 55.5 Å². The summed E-state index contributed by atoms with van der Waals surface area (Å²) in [7, 11) is 3.09. The molecule has 2 aromatic rings. The van der Waals surface area contributed by atoms with Gasteiger partial charge in [0.15, 0.2) is 12.7 Å². The summed E-state index contributed by atoms with van der Waals surface area (Å²) in [6.07, 6.45) is -5.35. The molecule has 0 spiro atoms. The first-order valence-corrected chi connectivity index (χ1v) is 8.55. The van der Waals surface area contributed by atoms with Crippen molar-refractivity contribution in [2.24, 2.45) is 0 Å². The Hall–Kier alpha value is -3.23. The molecule has 1 amide bonds. The first-order chi connectivity index (χ1) is 13.6. The van der Waals surface area contributed by atoms with E-state index in [1.165, 1.54) is 36.1 Å². The first kappa shape index (κ1) is 22.1. The van der Waals surface area contributed by atoms with Crippen LogP contribution in [0.25, 0.3) is 0 Å². The monoisotopic (exact) mass is 411 g/mol. The van der Waals surface area contributed by atoms with Crippen LogP contribution in [0.15, 0.2) is 48.5 Å². The third-order valence-electron chi connectivity index (χ3n) is 3.72. The van der Waals surface area contributed by atoms with Gasteiger partial charge in [-0.25, -0.2) is 4.79 Å². The molecule has 29 heavy (non-hydrogen) atoms. The lowest BCUT2D eigenvalue weighted by molar-refractivity contribution is -0.156. The van der Waals surface area contributed by atoms with Crippen LogP contribution in [-0.2, 0) is 20.5 Å². The van der Waals surface area contributed by atoms with E-state index < -0.39 is 23.8 Å². The highest BCUT2D eigenvalue weighted by Gasteiger charge is 2.30. The molecule has 6 nitrogen and oxygen atoms in total. The van der Waals surface area contributed by atoms with Gasteiger partial charge >= 0.3 is 12.1 Å². The van der Waals surface area contributed by atoms with Gasteiger partial charge in [0.1, 0.15) is 17.2 Å². The number of hydrogen-bond acceptors (Lipinski definition) is 5. The average Bonchev–Trinajstić information content (AvgIpc) is 2.66. The smallest absolute Gasteiger partial charge is 0.416 e. The standard InChI is InChI=1S/C20H20F3NO5/c1-13(19(26)27-12-18(25)24(2)3)28-15-8-10-17(11-9-15)29-16-6-4-14(5-7-16)20(21,22)23/h4-11,13H,12H2,1-3H3. The Kier molecular flexibility index (Phi) is 7.08. The van der Waals surface area contributed by atoms with E-state index in [0.717, 1.165) is 12.1 Å². The highest BCUT2D eigenvalue weighted by molar-refractivity contribution is 5.81. The third-order valence-corrected chi connectivity index (χ3v) is 3.72. The number of carbonyl (C=O) groups is 2. The summed E-state index contributed by atoms with van der Waals surface area (Å²) >= 11 is 0. The van der Waals surface area contributed by atoms with Gasteiger partial charge in [0.2, 0.25) is 0 Å². The van der Waals surface area contributed by atoms with Gasteiger partial charge in [0.25, 0.3) is 5.91 Å². The van der Waals surface area contributed by atoms with Crippen molar-refractivity contribution in [2.45, 2.75) is 19.2 Å². The molecule has 0 heterocycles. The van der Waals surface area contributed by atoms with Crippen molar-refractivity contribution >= 4 is 11.9 Å². The quantitative estimate of drug-likeness (QED) is 0.647. The fourth-order valence-electron chi connectivity index (χ4n) is 2.07. The molecule has 0 N–H and O–H groups in total. The number of ether oxygens (including phenoxy) is 3. The number of amides is 1. The molecule has 0 fully saturated rings. The Bertz CT molecular complexity index is 833. The molecule has 0 aliphatic carbocycles. The van der Waals surface area contributed by atoms with Crippen LogP contribution in [0.4, 0.5) is 13.2 Å². The lowest BCUT2D eigenvalue weighted by Crippen LogP contribution is -2.32. The summed E-state index contributed by atoms with van der Waals surface area (Å²) in [5.41, 5.74) is -0.762. The van der Waals surface area contributed by atoms with Gasteiger partial charge < -0.3 is 19.1 Å². The molecular weight excluding hydrogens is 391 g/mol. The Morgan fingerprint density at radius 1 is 0.931 bits per heavy atom. The van der Waals surface area contributed by atoms with Crippen molar-refractivity contribution < 1.29 is 37.0 Å². The molecule has 0 saturated carbocycles. The Morgan fingerprint density at radius 3 is 1.90 bits per heavy atom. The molecule has 0 aliphatic rings. The van der Waals surface area contributed by atoms with Crippen LogP contribution in [0.2, 0.25) is 0 Å². The molecule has 2 aromatic carbocycles. The molecule has 0 aliphatic heterocycles. The summed E-state index contributed by atoms with van der Waals surface area (Å²) in [6.45, 7) is 1.11. The maximum absolute atomic E-state index is 12.6. The molecule has 1 atom stereocenters. The molecule has 0 saturated heterocycles. The second kappa shape index (κ2) is 9.31. The van der Waals surface area contributed by atoms with Crippen LogP contribution in [0.5, 0.6) is 17.2 Å². The van der Waals surface area contributed by atoms with E-state index in [4.69, 9.17) is 14.2 Å². The van der Waals surface area contributed by atoms with Crippen molar-refractivity contribution in [3.63, 3.8) is 0 Å². The van der Waals surface area contributed by atoms with Gasteiger partial charge in [-0.15, -0.1) is 0 Å². The van der Waals surface area contributed by atoms with Gasteiger partial charge in [0, 0.05) is 14.1 Å². The van der Waals surface area contributed by atoms with E-state index >= 15 is 0 Å². The largest absolute Gasteiger partial charge is 0.479 e. The average molecular weight is 411 g/mol. The zero-order chi connectivity index (χ0) is 21.6. The topological polar surface area (TPSA) is 65.1 Å². The van der Waals surface area contributed by atoms with Crippen LogP contribution in [0.3, 0.4) is 0 Å². The molecule has 2 rings (SSSR count). The van der Waals surface area contributed by atoms with Crippen LogP contribution in [0.1, 0.15) is 12.5 Å². The fourth-order valence-corrected chi connectivity index (χ4v) is 2.07. The first-order valence-electron chi connectivity index (χ1n) is 8.55. The number of hydrogen-bond donors (Lipinski definition) is 0. The lowest BCUT2D eigenvalue weighted by atomic mass is 10.2. The zero-order valence-corrected chi connectivity index (χ0v) is 16.0. The summed E-state index contributed by atoms with van der Waals surface area (Å²) in [5.74, 6) is -0.0631. The summed E-state index contributed by atoms with van der Waals surface area (Å²) in [6, 6.07) is 10.5. The van der Waals surface area contributed by atoms with Crippen molar-refractivity contribution in [1.29, 1.82) is 0 Å². The highest BCUT2D eigenvalue weighted by Crippen LogP contribution is 2.31. The number of rotatable bonds is 7. The molecule has 156 valence electrons. The molecular formula is C20H20F3NO5. The van der Waals surface area contributed by atoms with Gasteiger partial charge in [-0.1, -0.05) is 0 Å². The molecule has 1 unspecified atom stereocenters. The minimum atomic E-state index is -4.41. The maximum atomic E-state index is 12.6. The molecule has 0 radical (unpaired) electrons. The number of alkyl halides is 3. The van der Waals surface area contributed by atoms with E-state index in [-0.39, 0.29) is 18.3 Å². The van der Waals surface area contributed by atoms with Crippen LogP contribution in [-0.4, -0.2) is 43.6 Å². The predicted octanol–water partition coefficient (Wildman–Crippen LogP) is 3.90. The van der Waals surface area contributed by atoms with E-state index in [9.17, 15) is 22.8 Å². The van der Waals surface area contributed by atoms with Crippen LogP contribution >= 0.6 is 0 Å². The van der Waals surface area contributed by atoms with Crippen LogP contribution < -0.4 is 9.47 Å². The minimum absolute atomic E-state index is 0.245. The fraction of sp³-hybridized carbons (Fsp3) is 0.300. The van der Waals surface area contributed by atoms with Crippen molar-refractivity contribution in [1.82, 2.24) is 4.90 Å². The number of nitrogens with zero attached hydrogens (tertiary/aromatic N) is 1. The lowest BCUT2D eigenvalue weighted by Gasteiger charge is -2.15.